The molecule has 3 aromatic rings. The number of ketones is 1. The molecule has 2 aromatic carbocycles. The molecule has 29 heavy (non-hydrogen) atoms. The van der Waals surface area contributed by atoms with Gasteiger partial charge < -0.3 is 4.74 Å². The van der Waals surface area contributed by atoms with E-state index in [1.165, 1.54) is 6.20 Å². The Morgan fingerprint density at radius 2 is 1.41 bits per heavy atom. The maximum absolute atomic E-state index is 13.1. The largest absolute Gasteiger partial charge is 0.444 e. The molecule has 1 atom stereocenters. The van der Waals surface area contributed by atoms with Crippen LogP contribution in [0.1, 0.15) is 43.6 Å². The van der Waals surface area contributed by atoms with Crippen LogP contribution in [0, 0.1) is 13.8 Å². The van der Waals surface area contributed by atoms with Crippen molar-refractivity contribution < 1.29 is 14.3 Å². The van der Waals surface area contributed by atoms with Gasteiger partial charge in [0.25, 0.3) is 0 Å². The van der Waals surface area contributed by atoms with Crippen LogP contribution in [-0.2, 0) is 4.74 Å². The van der Waals surface area contributed by atoms with Crippen molar-refractivity contribution in [2.24, 2.45) is 0 Å². The summed E-state index contributed by atoms with van der Waals surface area (Å²) in [6.45, 7) is 3.84. The molecule has 0 aliphatic rings. The number of aryl methyl sites for hydroxylation is 2. The van der Waals surface area contributed by atoms with Gasteiger partial charge in [-0.1, -0.05) is 94.5 Å². The molecule has 0 spiro atoms. The summed E-state index contributed by atoms with van der Waals surface area (Å²) in [5.74, 6) is -1.24. The van der Waals surface area contributed by atoms with Crippen LogP contribution in [0.4, 0.5) is 0 Å². The number of benzene rings is 2. The minimum absolute atomic E-state index is 0.00738. The molecule has 0 fully saturated rings. The summed E-state index contributed by atoms with van der Waals surface area (Å²) in [7, 11) is 0. The first-order valence-electron chi connectivity index (χ1n) is 8.66. The van der Waals surface area contributed by atoms with Crippen LogP contribution in [0.2, 0.25) is 15.1 Å². The van der Waals surface area contributed by atoms with Crippen LogP contribution in [0.5, 0.6) is 0 Å². The molecule has 0 saturated carbocycles. The Morgan fingerprint density at radius 1 is 0.862 bits per heavy atom. The number of carbonyl (C=O) groups excluding carboxylic acids is 2. The first-order chi connectivity index (χ1) is 13.8. The Balaban J connectivity index is 1.98. The van der Waals surface area contributed by atoms with E-state index in [4.69, 9.17) is 39.5 Å². The standard InChI is InChI=1S/C22H16Cl3NO3/c1-12-3-7-14(8-4-12)20(27)21(15-9-5-13(2)6-10-15)29-22(28)19-18(25)17(24)16(23)11-26-19/h3-11,21H,1-2H3. The van der Waals surface area contributed by atoms with E-state index in [1.807, 2.05) is 38.1 Å². The molecule has 0 aliphatic carbocycles. The lowest BCUT2D eigenvalue weighted by molar-refractivity contribution is 0.0274. The number of ether oxygens (including phenoxy) is 1. The topological polar surface area (TPSA) is 56.3 Å². The summed E-state index contributed by atoms with van der Waals surface area (Å²) in [6.07, 6.45) is 0.0350. The Morgan fingerprint density at radius 3 is 2.00 bits per heavy atom. The second-order valence-electron chi connectivity index (χ2n) is 6.51. The molecule has 1 unspecified atom stereocenters. The normalized spacial score (nSPS) is 11.8. The van der Waals surface area contributed by atoms with Gasteiger partial charge in [-0.3, -0.25) is 4.79 Å². The number of Topliss-reactive ketones (excluding diaryl/α,β-unsaturated/α-hetero) is 1. The van der Waals surface area contributed by atoms with Gasteiger partial charge in [0, 0.05) is 17.3 Å². The molecule has 0 N–H and O–H groups in total. The number of esters is 1. The third-order valence-corrected chi connectivity index (χ3v) is 5.53. The molecule has 148 valence electrons. The zero-order valence-corrected chi connectivity index (χ0v) is 17.8. The molecule has 3 rings (SSSR count). The van der Waals surface area contributed by atoms with Crippen LogP contribution >= 0.6 is 34.8 Å². The summed E-state index contributed by atoms with van der Waals surface area (Å²) < 4.78 is 5.55. The average molecular weight is 449 g/mol. The van der Waals surface area contributed by atoms with Crippen molar-refractivity contribution in [1.82, 2.24) is 4.98 Å². The SMILES string of the molecule is Cc1ccc(C(=O)C(OC(=O)c2ncc(Cl)c(Cl)c2Cl)c2ccc(C)cc2)cc1. The summed E-state index contributed by atoms with van der Waals surface area (Å²) in [5.41, 5.74) is 2.76. The van der Waals surface area contributed by atoms with Crippen LogP contribution in [0.25, 0.3) is 0 Å². The highest BCUT2D eigenvalue weighted by Gasteiger charge is 2.29. The zero-order valence-electron chi connectivity index (χ0n) is 15.6. The molecule has 7 heteroatoms. The minimum Gasteiger partial charge on any atom is -0.444 e. The monoisotopic (exact) mass is 447 g/mol. The van der Waals surface area contributed by atoms with Gasteiger partial charge >= 0.3 is 5.97 Å². The van der Waals surface area contributed by atoms with Gasteiger partial charge in [0.1, 0.15) is 0 Å². The van der Waals surface area contributed by atoms with Gasteiger partial charge in [-0.2, -0.15) is 0 Å². The first-order valence-corrected chi connectivity index (χ1v) is 9.79. The molecule has 4 nitrogen and oxygen atoms in total. The smallest absolute Gasteiger partial charge is 0.359 e. The fraction of sp³-hybridized carbons (Fsp3) is 0.136. The minimum atomic E-state index is -1.17. The number of rotatable bonds is 5. The molecule has 0 bridgehead atoms. The van der Waals surface area contributed by atoms with E-state index in [1.54, 1.807) is 24.3 Å². The van der Waals surface area contributed by atoms with Crippen molar-refractivity contribution in [3.63, 3.8) is 0 Å². The maximum Gasteiger partial charge on any atom is 0.359 e. The Hall–Kier alpha value is -2.40. The van der Waals surface area contributed by atoms with Crippen LogP contribution in [-0.4, -0.2) is 16.7 Å². The summed E-state index contributed by atoms with van der Waals surface area (Å²) in [6, 6.07) is 14.2. The lowest BCUT2D eigenvalue weighted by atomic mass is 9.98. The van der Waals surface area contributed by atoms with E-state index in [-0.39, 0.29) is 26.5 Å². The number of carbonyl (C=O) groups is 2. The molecular formula is C22H16Cl3NO3. The van der Waals surface area contributed by atoms with Crippen LogP contribution in [0.3, 0.4) is 0 Å². The van der Waals surface area contributed by atoms with Crippen molar-refractivity contribution >= 4 is 46.6 Å². The molecule has 0 saturated heterocycles. The summed E-state index contributed by atoms with van der Waals surface area (Å²) in [4.78, 5) is 29.8. The number of nitrogens with zero attached hydrogens (tertiary/aromatic N) is 1. The highest BCUT2D eigenvalue weighted by Crippen LogP contribution is 2.33. The molecule has 1 heterocycles. The number of hydrogen-bond donors (Lipinski definition) is 0. The van der Waals surface area contributed by atoms with E-state index < -0.39 is 12.1 Å². The Kier molecular flexibility index (Phi) is 6.58. The molecule has 0 aliphatic heterocycles. The van der Waals surface area contributed by atoms with Gasteiger partial charge in [0.05, 0.1) is 15.1 Å². The lowest BCUT2D eigenvalue weighted by Crippen LogP contribution is -2.21. The fourth-order valence-electron chi connectivity index (χ4n) is 2.63. The summed E-state index contributed by atoms with van der Waals surface area (Å²) >= 11 is 18.0. The van der Waals surface area contributed by atoms with Crippen molar-refractivity contribution in [3.05, 3.63) is 97.7 Å². The average Bonchev–Trinajstić information content (AvgIpc) is 2.71. The highest BCUT2D eigenvalue weighted by atomic mass is 35.5. The fourth-order valence-corrected chi connectivity index (χ4v) is 3.19. The number of hydrogen-bond acceptors (Lipinski definition) is 4. The van der Waals surface area contributed by atoms with Crippen molar-refractivity contribution in [1.29, 1.82) is 0 Å². The first kappa shape index (κ1) is 21.3. The molecule has 0 amide bonds. The maximum atomic E-state index is 13.1. The van der Waals surface area contributed by atoms with E-state index in [0.717, 1.165) is 11.1 Å². The predicted molar refractivity (Wildman–Crippen MR) is 114 cm³/mol. The van der Waals surface area contributed by atoms with Gasteiger partial charge in [0.15, 0.2) is 11.8 Å². The Labute approximate surface area is 183 Å². The zero-order chi connectivity index (χ0) is 21.1. The van der Waals surface area contributed by atoms with Gasteiger partial charge in [-0.05, 0) is 13.8 Å². The van der Waals surface area contributed by atoms with E-state index in [0.29, 0.717) is 11.1 Å². The summed E-state index contributed by atoms with van der Waals surface area (Å²) in [5, 5.41) is -0.0272. The van der Waals surface area contributed by atoms with Crippen molar-refractivity contribution in [3.8, 4) is 0 Å². The third-order valence-electron chi connectivity index (χ3n) is 4.29. The second-order valence-corrected chi connectivity index (χ2v) is 7.67. The van der Waals surface area contributed by atoms with Crippen LogP contribution in [0.15, 0.2) is 54.7 Å². The Bertz CT molecular complexity index is 1060. The number of aromatic nitrogens is 1. The quantitative estimate of drug-likeness (QED) is 0.333. The van der Waals surface area contributed by atoms with E-state index in [9.17, 15) is 9.59 Å². The van der Waals surface area contributed by atoms with Gasteiger partial charge in [-0.15, -0.1) is 0 Å². The molecule has 1 aromatic heterocycles. The third kappa shape index (κ3) is 4.78. The lowest BCUT2D eigenvalue weighted by Gasteiger charge is -2.18. The highest BCUT2D eigenvalue weighted by molar-refractivity contribution is 6.48. The molecule has 0 radical (unpaired) electrons. The van der Waals surface area contributed by atoms with Gasteiger partial charge in [-0.25, -0.2) is 9.78 Å². The van der Waals surface area contributed by atoms with Crippen molar-refractivity contribution in [2.45, 2.75) is 20.0 Å². The van der Waals surface area contributed by atoms with Crippen LogP contribution < -0.4 is 0 Å². The van der Waals surface area contributed by atoms with E-state index in [2.05, 4.69) is 4.98 Å². The number of pyridine rings is 1. The predicted octanol–water partition coefficient (Wildman–Crippen LogP) is 6.44. The van der Waals surface area contributed by atoms with E-state index >= 15 is 0 Å². The second kappa shape index (κ2) is 8.95. The van der Waals surface area contributed by atoms with Crippen molar-refractivity contribution in [2.75, 3.05) is 0 Å². The number of halogens is 3. The molecular weight excluding hydrogens is 433 g/mol. The van der Waals surface area contributed by atoms with Gasteiger partial charge in [0.2, 0.25) is 5.78 Å².